The third kappa shape index (κ3) is 1.55. The molecule has 0 aromatic carbocycles. The molecule has 13 heavy (non-hydrogen) atoms. The predicted molar refractivity (Wildman–Crippen MR) is 52.4 cm³/mol. The topological polar surface area (TPSA) is 38.7 Å². The fraction of sp³-hybridized carbons (Fsp3) is 0. The standard InChI is InChI=1S/C7H2Cl3N3/c8-3-1-4-5(13-6(3)9)7(10)12-2-11-4/h1-2H. The third-order valence-corrected chi connectivity index (χ3v) is 2.43. The van der Waals surface area contributed by atoms with Crippen molar-refractivity contribution in [2.24, 2.45) is 0 Å². The van der Waals surface area contributed by atoms with E-state index in [1.165, 1.54) is 6.33 Å². The summed E-state index contributed by atoms with van der Waals surface area (Å²) in [7, 11) is 0. The minimum Gasteiger partial charge on any atom is -0.235 e. The van der Waals surface area contributed by atoms with E-state index in [-0.39, 0.29) is 10.3 Å². The molecule has 0 aliphatic heterocycles. The molecule has 66 valence electrons. The summed E-state index contributed by atoms with van der Waals surface area (Å²) in [4.78, 5) is 11.7. The van der Waals surface area contributed by atoms with Crippen LogP contribution in [0.1, 0.15) is 0 Å². The summed E-state index contributed by atoms with van der Waals surface area (Å²) in [6.07, 6.45) is 1.34. The molecule has 0 atom stereocenters. The van der Waals surface area contributed by atoms with Crippen LogP contribution in [0.2, 0.25) is 15.3 Å². The van der Waals surface area contributed by atoms with Gasteiger partial charge in [0, 0.05) is 0 Å². The summed E-state index contributed by atoms with van der Waals surface area (Å²) >= 11 is 17.2. The second-order valence-electron chi connectivity index (χ2n) is 2.29. The molecule has 0 spiro atoms. The third-order valence-electron chi connectivity index (χ3n) is 1.48. The van der Waals surface area contributed by atoms with Crippen LogP contribution in [0.25, 0.3) is 11.0 Å². The number of aromatic nitrogens is 3. The van der Waals surface area contributed by atoms with Crippen LogP contribution in [0, 0.1) is 0 Å². The van der Waals surface area contributed by atoms with Gasteiger partial charge in [0.25, 0.3) is 0 Å². The highest BCUT2D eigenvalue weighted by atomic mass is 35.5. The number of hydrogen-bond donors (Lipinski definition) is 0. The van der Waals surface area contributed by atoms with Gasteiger partial charge in [0.2, 0.25) is 0 Å². The number of hydrogen-bond acceptors (Lipinski definition) is 3. The summed E-state index contributed by atoms with van der Waals surface area (Å²) in [5, 5.41) is 0.818. The van der Waals surface area contributed by atoms with Crippen molar-refractivity contribution in [2.45, 2.75) is 0 Å². The maximum absolute atomic E-state index is 5.77. The lowest BCUT2D eigenvalue weighted by Crippen LogP contribution is -1.88. The lowest BCUT2D eigenvalue weighted by molar-refractivity contribution is 1.20. The van der Waals surface area contributed by atoms with Crippen LogP contribution in [0.4, 0.5) is 0 Å². The molecule has 0 fully saturated rings. The maximum atomic E-state index is 5.77. The monoisotopic (exact) mass is 233 g/mol. The molecule has 0 radical (unpaired) electrons. The number of fused-ring (bicyclic) bond motifs is 1. The molecule has 6 heteroatoms. The Morgan fingerprint density at radius 3 is 2.54 bits per heavy atom. The van der Waals surface area contributed by atoms with Gasteiger partial charge in [-0.25, -0.2) is 15.0 Å². The van der Waals surface area contributed by atoms with Crippen molar-refractivity contribution in [1.82, 2.24) is 15.0 Å². The molecule has 0 bridgehead atoms. The summed E-state index contributed by atoms with van der Waals surface area (Å²) in [6, 6.07) is 1.60. The van der Waals surface area contributed by atoms with Gasteiger partial charge in [0.15, 0.2) is 5.15 Å². The normalized spacial score (nSPS) is 10.7. The van der Waals surface area contributed by atoms with Crippen molar-refractivity contribution in [2.75, 3.05) is 0 Å². The minimum absolute atomic E-state index is 0.200. The number of pyridine rings is 1. The molecular formula is C7H2Cl3N3. The average Bonchev–Trinajstić information content (AvgIpc) is 2.09. The SMILES string of the molecule is Clc1cc2ncnc(Cl)c2nc1Cl. The molecule has 2 heterocycles. The van der Waals surface area contributed by atoms with Crippen LogP contribution in [-0.2, 0) is 0 Å². The van der Waals surface area contributed by atoms with Crippen molar-refractivity contribution in [3.63, 3.8) is 0 Å². The van der Waals surface area contributed by atoms with Gasteiger partial charge in [-0.1, -0.05) is 34.8 Å². The van der Waals surface area contributed by atoms with Gasteiger partial charge in [-0.3, -0.25) is 0 Å². The van der Waals surface area contributed by atoms with Gasteiger partial charge < -0.3 is 0 Å². The van der Waals surface area contributed by atoms with Crippen LogP contribution in [0.5, 0.6) is 0 Å². The molecule has 2 aromatic heterocycles. The van der Waals surface area contributed by atoms with E-state index in [9.17, 15) is 0 Å². The molecule has 0 saturated carbocycles. The van der Waals surface area contributed by atoms with Crippen LogP contribution < -0.4 is 0 Å². The van der Waals surface area contributed by atoms with Gasteiger partial charge in [-0.2, -0.15) is 0 Å². The highest BCUT2D eigenvalue weighted by Gasteiger charge is 2.06. The summed E-state index contributed by atoms with van der Waals surface area (Å²) in [5.74, 6) is 0. The second kappa shape index (κ2) is 3.25. The van der Waals surface area contributed by atoms with Gasteiger partial charge >= 0.3 is 0 Å². The first-order chi connectivity index (χ1) is 6.18. The zero-order valence-corrected chi connectivity index (χ0v) is 8.40. The number of rotatable bonds is 0. The van der Waals surface area contributed by atoms with E-state index in [0.717, 1.165) is 0 Å². The van der Waals surface area contributed by atoms with Crippen LogP contribution in [0.3, 0.4) is 0 Å². The zero-order chi connectivity index (χ0) is 9.42. The fourth-order valence-electron chi connectivity index (χ4n) is 0.910. The van der Waals surface area contributed by atoms with Crippen LogP contribution >= 0.6 is 34.8 Å². The maximum Gasteiger partial charge on any atom is 0.158 e. The quantitative estimate of drug-likeness (QED) is 0.519. The van der Waals surface area contributed by atoms with Crippen LogP contribution in [0.15, 0.2) is 12.4 Å². The van der Waals surface area contributed by atoms with Crippen molar-refractivity contribution in [3.8, 4) is 0 Å². The van der Waals surface area contributed by atoms with Gasteiger partial charge in [0.05, 0.1) is 10.5 Å². The Bertz CT molecular complexity index is 472. The molecular weight excluding hydrogens is 232 g/mol. The average molecular weight is 234 g/mol. The minimum atomic E-state index is 0.200. The molecule has 0 aliphatic rings. The largest absolute Gasteiger partial charge is 0.235 e. The second-order valence-corrected chi connectivity index (χ2v) is 3.42. The Morgan fingerprint density at radius 2 is 1.77 bits per heavy atom. The Hall–Kier alpha value is -0.640. The van der Waals surface area contributed by atoms with E-state index in [2.05, 4.69) is 15.0 Å². The first kappa shape index (κ1) is 8.94. The van der Waals surface area contributed by atoms with E-state index in [1.807, 2.05) is 0 Å². The van der Waals surface area contributed by atoms with E-state index in [1.54, 1.807) is 6.07 Å². The highest BCUT2D eigenvalue weighted by Crippen LogP contribution is 2.25. The van der Waals surface area contributed by atoms with Crippen molar-refractivity contribution in [1.29, 1.82) is 0 Å². The summed E-state index contributed by atoms with van der Waals surface area (Å²) in [6.45, 7) is 0. The molecule has 0 amide bonds. The summed E-state index contributed by atoms with van der Waals surface area (Å²) < 4.78 is 0. The zero-order valence-electron chi connectivity index (χ0n) is 6.13. The highest BCUT2D eigenvalue weighted by molar-refractivity contribution is 6.42. The molecule has 0 N–H and O–H groups in total. The van der Waals surface area contributed by atoms with Gasteiger partial charge in [-0.15, -0.1) is 0 Å². The smallest absolute Gasteiger partial charge is 0.158 e. The van der Waals surface area contributed by atoms with E-state index in [4.69, 9.17) is 34.8 Å². The summed E-state index contributed by atoms with van der Waals surface area (Å²) in [5.41, 5.74) is 1.04. The van der Waals surface area contributed by atoms with E-state index < -0.39 is 0 Å². The molecule has 2 rings (SSSR count). The van der Waals surface area contributed by atoms with Crippen molar-refractivity contribution in [3.05, 3.63) is 27.7 Å². The van der Waals surface area contributed by atoms with E-state index in [0.29, 0.717) is 16.1 Å². The van der Waals surface area contributed by atoms with Gasteiger partial charge in [-0.05, 0) is 6.07 Å². The lowest BCUT2D eigenvalue weighted by atomic mass is 10.4. The number of halogens is 3. The molecule has 3 nitrogen and oxygen atoms in total. The molecule has 0 saturated heterocycles. The Kier molecular flexibility index (Phi) is 2.24. The molecule has 0 unspecified atom stereocenters. The Balaban J connectivity index is 2.89. The molecule has 2 aromatic rings. The van der Waals surface area contributed by atoms with Crippen LogP contribution in [-0.4, -0.2) is 15.0 Å². The first-order valence-electron chi connectivity index (χ1n) is 3.31. The molecule has 0 aliphatic carbocycles. The Morgan fingerprint density at radius 1 is 1.00 bits per heavy atom. The lowest BCUT2D eigenvalue weighted by Gasteiger charge is -1.99. The predicted octanol–water partition coefficient (Wildman–Crippen LogP) is 2.99. The van der Waals surface area contributed by atoms with Crippen molar-refractivity contribution >= 4 is 45.8 Å². The number of nitrogens with zero attached hydrogens (tertiary/aromatic N) is 3. The Labute approximate surface area is 88.7 Å². The van der Waals surface area contributed by atoms with E-state index >= 15 is 0 Å². The fourth-order valence-corrected chi connectivity index (χ4v) is 1.38. The first-order valence-corrected chi connectivity index (χ1v) is 4.44. The van der Waals surface area contributed by atoms with Gasteiger partial charge in [0.1, 0.15) is 17.0 Å². The van der Waals surface area contributed by atoms with Crippen molar-refractivity contribution < 1.29 is 0 Å².